The molecule has 20 heavy (non-hydrogen) atoms. The van der Waals surface area contributed by atoms with Crippen LogP contribution in [0.25, 0.3) is 0 Å². The Morgan fingerprint density at radius 3 is 2.25 bits per heavy atom. The zero-order valence-corrected chi connectivity index (χ0v) is 13.3. The first-order valence-electron chi connectivity index (χ1n) is 7.10. The second kappa shape index (κ2) is 7.07. The summed E-state index contributed by atoms with van der Waals surface area (Å²) < 4.78 is 5.19. The van der Waals surface area contributed by atoms with Crippen molar-refractivity contribution in [3.63, 3.8) is 0 Å². The number of methoxy groups -OCH3 is 1. The van der Waals surface area contributed by atoms with Crippen molar-refractivity contribution in [3.05, 3.63) is 29.8 Å². The molecule has 0 aliphatic rings. The summed E-state index contributed by atoms with van der Waals surface area (Å²) in [4.78, 5) is 2.12. The van der Waals surface area contributed by atoms with E-state index in [1.165, 1.54) is 0 Å². The van der Waals surface area contributed by atoms with E-state index in [1.807, 2.05) is 45.2 Å². The predicted molar refractivity (Wildman–Crippen MR) is 82.9 cm³/mol. The molecule has 3 N–H and O–H groups in total. The van der Waals surface area contributed by atoms with Gasteiger partial charge in [-0.2, -0.15) is 0 Å². The number of hydrogen-bond donors (Lipinski definition) is 2. The van der Waals surface area contributed by atoms with Crippen LogP contribution in [0, 0.1) is 0 Å². The highest BCUT2D eigenvalue weighted by atomic mass is 16.5. The highest BCUT2D eigenvalue weighted by Gasteiger charge is 2.27. The average molecular weight is 280 g/mol. The molecule has 2 atom stereocenters. The number of likely N-dealkylation sites (N-methyl/N-ethyl adjacent to an activating group) is 1. The standard InChI is InChI=1S/C16H28N2O2/c1-6-14(17)15(18(4)11-16(2,3)19)12-7-9-13(20-5)10-8-12/h7-10,14-15,19H,6,11,17H2,1-5H3. The number of nitrogens with zero attached hydrogens (tertiary/aromatic N) is 1. The van der Waals surface area contributed by atoms with Gasteiger partial charge in [-0.1, -0.05) is 19.1 Å². The number of benzene rings is 1. The van der Waals surface area contributed by atoms with Gasteiger partial charge in [-0.25, -0.2) is 0 Å². The summed E-state index contributed by atoms with van der Waals surface area (Å²) in [7, 11) is 3.66. The minimum atomic E-state index is -0.743. The second-order valence-electron chi connectivity index (χ2n) is 6.02. The van der Waals surface area contributed by atoms with E-state index in [1.54, 1.807) is 7.11 Å². The van der Waals surface area contributed by atoms with Gasteiger partial charge >= 0.3 is 0 Å². The Bertz CT molecular complexity index is 398. The smallest absolute Gasteiger partial charge is 0.118 e. The molecule has 0 aromatic heterocycles. The van der Waals surface area contributed by atoms with Crippen LogP contribution in [0.15, 0.2) is 24.3 Å². The van der Waals surface area contributed by atoms with Gasteiger partial charge in [0.2, 0.25) is 0 Å². The van der Waals surface area contributed by atoms with Crippen molar-refractivity contribution in [1.29, 1.82) is 0 Å². The molecule has 0 radical (unpaired) electrons. The SMILES string of the molecule is CCC(N)C(c1ccc(OC)cc1)N(C)CC(C)(C)O. The summed E-state index contributed by atoms with van der Waals surface area (Å²) >= 11 is 0. The fourth-order valence-electron chi connectivity index (χ4n) is 2.56. The second-order valence-corrected chi connectivity index (χ2v) is 6.02. The Morgan fingerprint density at radius 2 is 1.85 bits per heavy atom. The van der Waals surface area contributed by atoms with Crippen molar-refractivity contribution in [2.24, 2.45) is 5.73 Å². The first kappa shape index (κ1) is 17.0. The molecule has 4 nitrogen and oxygen atoms in total. The minimum absolute atomic E-state index is 0.0238. The van der Waals surface area contributed by atoms with Gasteiger partial charge in [0.15, 0.2) is 0 Å². The van der Waals surface area contributed by atoms with Crippen LogP contribution < -0.4 is 10.5 Å². The van der Waals surface area contributed by atoms with Gasteiger partial charge in [0.1, 0.15) is 5.75 Å². The van der Waals surface area contributed by atoms with Crippen molar-refractivity contribution in [3.8, 4) is 5.75 Å². The Labute approximate surface area is 122 Å². The molecule has 0 heterocycles. The lowest BCUT2D eigenvalue weighted by Gasteiger charge is -2.36. The lowest BCUT2D eigenvalue weighted by molar-refractivity contribution is 0.0266. The number of rotatable bonds is 7. The van der Waals surface area contributed by atoms with E-state index >= 15 is 0 Å². The zero-order valence-electron chi connectivity index (χ0n) is 13.3. The van der Waals surface area contributed by atoms with E-state index in [9.17, 15) is 5.11 Å². The molecule has 0 fully saturated rings. The zero-order chi connectivity index (χ0) is 15.3. The van der Waals surface area contributed by atoms with E-state index < -0.39 is 5.60 Å². The quantitative estimate of drug-likeness (QED) is 0.803. The first-order valence-corrected chi connectivity index (χ1v) is 7.10. The van der Waals surface area contributed by atoms with Crippen LogP contribution in [-0.4, -0.2) is 42.4 Å². The highest BCUT2D eigenvalue weighted by Crippen LogP contribution is 2.27. The first-order chi connectivity index (χ1) is 9.28. The van der Waals surface area contributed by atoms with Gasteiger partial charge in [-0.3, -0.25) is 4.90 Å². The molecule has 0 spiro atoms. The molecule has 2 unspecified atom stereocenters. The molecule has 4 heteroatoms. The molecule has 0 aliphatic heterocycles. The van der Waals surface area contributed by atoms with Gasteiger partial charge in [0.25, 0.3) is 0 Å². The normalized spacial score (nSPS) is 15.2. The average Bonchev–Trinajstić information content (AvgIpc) is 2.37. The third-order valence-electron chi connectivity index (χ3n) is 3.45. The van der Waals surface area contributed by atoms with Crippen molar-refractivity contribution in [1.82, 2.24) is 4.90 Å². The Morgan fingerprint density at radius 1 is 1.30 bits per heavy atom. The summed E-state index contributed by atoms with van der Waals surface area (Å²) in [5.41, 5.74) is 6.69. The molecule has 0 amide bonds. The van der Waals surface area contributed by atoms with E-state index in [0.717, 1.165) is 17.7 Å². The van der Waals surface area contributed by atoms with Gasteiger partial charge < -0.3 is 15.6 Å². The third-order valence-corrected chi connectivity index (χ3v) is 3.45. The number of aliphatic hydroxyl groups is 1. The van der Waals surface area contributed by atoms with Crippen molar-refractivity contribution < 1.29 is 9.84 Å². The van der Waals surface area contributed by atoms with Crippen LogP contribution >= 0.6 is 0 Å². The van der Waals surface area contributed by atoms with E-state index in [0.29, 0.717) is 6.54 Å². The lowest BCUT2D eigenvalue weighted by Crippen LogP contribution is -2.44. The maximum absolute atomic E-state index is 10.0. The molecule has 0 saturated heterocycles. The molecule has 1 aromatic rings. The summed E-state index contributed by atoms with van der Waals surface area (Å²) in [6.45, 7) is 6.27. The fraction of sp³-hybridized carbons (Fsp3) is 0.625. The Kier molecular flexibility index (Phi) is 5.99. The predicted octanol–water partition coefficient (Wildman–Crippen LogP) is 2.18. The molecule has 1 rings (SSSR count). The summed E-state index contributed by atoms with van der Waals surface area (Å²) in [6, 6.07) is 8.08. The summed E-state index contributed by atoms with van der Waals surface area (Å²) in [5, 5.41) is 10.0. The monoisotopic (exact) mass is 280 g/mol. The molecule has 0 bridgehead atoms. The molecule has 114 valence electrons. The molecule has 0 saturated carbocycles. The van der Waals surface area contributed by atoms with Crippen LogP contribution in [0.1, 0.15) is 38.8 Å². The van der Waals surface area contributed by atoms with Gasteiger partial charge in [0.05, 0.1) is 12.7 Å². The van der Waals surface area contributed by atoms with Crippen molar-refractivity contribution >= 4 is 0 Å². The van der Waals surface area contributed by atoms with Crippen LogP contribution in [0.5, 0.6) is 5.75 Å². The van der Waals surface area contributed by atoms with E-state index in [-0.39, 0.29) is 12.1 Å². The minimum Gasteiger partial charge on any atom is -0.497 e. The van der Waals surface area contributed by atoms with Crippen LogP contribution in [-0.2, 0) is 0 Å². The maximum Gasteiger partial charge on any atom is 0.118 e. The van der Waals surface area contributed by atoms with E-state index in [4.69, 9.17) is 10.5 Å². The molecular weight excluding hydrogens is 252 g/mol. The Balaban J connectivity index is 2.98. The molecule has 0 aliphatic carbocycles. The third kappa shape index (κ3) is 4.78. The van der Waals surface area contributed by atoms with E-state index in [2.05, 4.69) is 11.8 Å². The topological polar surface area (TPSA) is 58.7 Å². The summed E-state index contributed by atoms with van der Waals surface area (Å²) in [5.74, 6) is 0.836. The Hall–Kier alpha value is -1.10. The van der Waals surface area contributed by atoms with Crippen LogP contribution in [0.4, 0.5) is 0 Å². The molecular formula is C16H28N2O2. The maximum atomic E-state index is 10.0. The largest absolute Gasteiger partial charge is 0.497 e. The highest BCUT2D eigenvalue weighted by molar-refractivity contribution is 5.30. The number of ether oxygens (including phenoxy) is 1. The van der Waals surface area contributed by atoms with Gasteiger partial charge in [0, 0.05) is 18.6 Å². The van der Waals surface area contributed by atoms with Gasteiger partial charge in [-0.15, -0.1) is 0 Å². The fourth-order valence-corrected chi connectivity index (χ4v) is 2.56. The summed E-state index contributed by atoms with van der Waals surface area (Å²) in [6.07, 6.45) is 0.882. The van der Waals surface area contributed by atoms with Gasteiger partial charge in [-0.05, 0) is 45.0 Å². The van der Waals surface area contributed by atoms with Crippen molar-refractivity contribution in [2.45, 2.75) is 44.9 Å². The molecule has 1 aromatic carbocycles. The van der Waals surface area contributed by atoms with Crippen LogP contribution in [0.2, 0.25) is 0 Å². The van der Waals surface area contributed by atoms with Crippen LogP contribution in [0.3, 0.4) is 0 Å². The lowest BCUT2D eigenvalue weighted by atomic mass is 9.95. The number of hydrogen-bond acceptors (Lipinski definition) is 4. The van der Waals surface area contributed by atoms with Crippen molar-refractivity contribution in [2.75, 3.05) is 20.7 Å². The number of nitrogens with two attached hydrogens (primary N) is 1.